The van der Waals surface area contributed by atoms with Gasteiger partial charge in [-0.15, -0.1) is 4.91 Å². The Balaban J connectivity index is 3.11. The molecule has 1 aromatic carbocycles. The summed E-state index contributed by atoms with van der Waals surface area (Å²) in [5.41, 5.74) is -3.89. The quantitative estimate of drug-likeness (QED) is 0.836. The number of nitroso groups, excluding NO2 is 1. The molecule has 1 amide bonds. The van der Waals surface area contributed by atoms with Crippen LogP contribution in [0, 0.1) is 4.91 Å². The summed E-state index contributed by atoms with van der Waals surface area (Å²) in [6.45, 7) is 2.80. The lowest BCUT2D eigenvalue weighted by Gasteiger charge is -2.20. The molecule has 110 valence electrons. The van der Waals surface area contributed by atoms with E-state index in [9.17, 15) is 28.0 Å². The van der Waals surface area contributed by atoms with Gasteiger partial charge in [0.2, 0.25) is 0 Å². The van der Waals surface area contributed by atoms with Crippen LogP contribution >= 0.6 is 0 Å². The van der Waals surface area contributed by atoms with Crippen LogP contribution in [0.5, 0.6) is 0 Å². The maximum Gasteiger partial charge on any atom is 0.418 e. The van der Waals surface area contributed by atoms with Crippen molar-refractivity contribution >= 4 is 17.3 Å². The maximum absolute atomic E-state index is 12.7. The van der Waals surface area contributed by atoms with Crippen molar-refractivity contribution in [3.05, 3.63) is 28.7 Å². The van der Waals surface area contributed by atoms with Crippen molar-refractivity contribution in [3.8, 4) is 0 Å². The number of aliphatic hydroxyl groups is 1. The van der Waals surface area contributed by atoms with E-state index in [2.05, 4.69) is 10.5 Å². The van der Waals surface area contributed by atoms with Gasteiger partial charge in [-0.05, 0) is 36.7 Å². The van der Waals surface area contributed by atoms with Crippen molar-refractivity contribution in [2.24, 2.45) is 5.18 Å². The molecule has 0 aromatic heterocycles. The monoisotopic (exact) mass is 290 g/mol. The zero-order valence-corrected chi connectivity index (χ0v) is 10.8. The molecule has 1 aromatic rings. The Morgan fingerprint density at radius 1 is 1.40 bits per heavy atom. The standard InChI is InChI=1S/C12H13F3N2O3/c1-3-11(2,19)10(18)16-7-4-5-9(17-20)8(6-7)12(13,14)15/h4-6,19H,3H2,1-2H3,(H,16,18)/t11-/m0/s1. The fourth-order valence-corrected chi connectivity index (χ4v) is 1.35. The average molecular weight is 290 g/mol. The summed E-state index contributed by atoms with van der Waals surface area (Å²) < 4.78 is 38.1. The number of anilines is 1. The van der Waals surface area contributed by atoms with Crippen molar-refractivity contribution in [1.29, 1.82) is 0 Å². The Hall–Kier alpha value is -1.96. The minimum absolute atomic E-state index is 0.0962. The van der Waals surface area contributed by atoms with E-state index in [0.717, 1.165) is 12.1 Å². The second-order valence-electron chi connectivity index (χ2n) is 4.40. The van der Waals surface area contributed by atoms with Gasteiger partial charge in [-0.25, -0.2) is 0 Å². The van der Waals surface area contributed by atoms with Gasteiger partial charge in [0.05, 0.1) is 5.56 Å². The Kier molecular flexibility index (Phi) is 4.49. The number of carbonyl (C=O) groups excluding carboxylic acids is 1. The summed E-state index contributed by atoms with van der Waals surface area (Å²) in [5.74, 6) is -0.833. The highest BCUT2D eigenvalue weighted by atomic mass is 19.4. The third-order valence-electron chi connectivity index (χ3n) is 2.84. The molecule has 5 nitrogen and oxygen atoms in total. The predicted octanol–water partition coefficient (Wildman–Crippen LogP) is 3.20. The van der Waals surface area contributed by atoms with Gasteiger partial charge in [-0.2, -0.15) is 13.2 Å². The smallest absolute Gasteiger partial charge is 0.380 e. The lowest BCUT2D eigenvalue weighted by Crippen LogP contribution is -2.39. The number of nitrogens with zero attached hydrogens (tertiary/aromatic N) is 1. The molecule has 0 saturated heterocycles. The molecule has 20 heavy (non-hydrogen) atoms. The number of carbonyl (C=O) groups is 1. The SMILES string of the molecule is CC[C@](C)(O)C(=O)Nc1ccc(N=O)c(C(F)(F)F)c1. The average Bonchev–Trinajstić information content (AvgIpc) is 2.37. The van der Waals surface area contributed by atoms with Crippen molar-refractivity contribution in [2.45, 2.75) is 32.0 Å². The van der Waals surface area contributed by atoms with Crippen LogP contribution in [0.15, 0.2) is 23.4 Å². The second kappa shape index (κ2) is 5.58. The Labute approximate surface area is 112 Å². The molecule has 0 unspecified atom stereocenters. The lowest BCUT2D eigenvalue weighted by molar-refractivity contribution is -0.137. The van der Waals surface area contributed by atoms with Crippen LogP contribution in [0.4, 0.5) is 24.5 Å². The first-order chi connectivity index (χ1) is 9.11. The summed E-state index contributed by atoms with van der Waals surface area (Å²) in [7, 11) is 0. The highest BCUT2D eigenvalue weighted by Gasteiger charge is 2.35. The van der Waals surface area contributed by atoms with Crippen molar-refractivity contribution in [3.63, 3.8) is 0 Å². The van der Waals surface area contributed by atoms with E-state index in [-0.39, 0.29) is 12.1 Å². The molecule has 0 aliphatic rings. The summed E-state index contributed by atoms with van der Waals surface area (Å²) in [5, 5.41) is 14.1. The molecule has 1 atom stereocenters. The second-order valence-corrected chi connectivity index (χ2v) is 4.40. The first kappa shape index (κ1) is 16.1. The highest BCUT2D eigenvalue weighted by molar-refractivity contribution is 5.97. The molecule has 0 spiro atoms. The van der Waals surface area contributed by atoms with Gasteiger partial charge in [0.25, 0.3) is 5.91 Å². The molecule has 0 heterocycles. The number of nitrogens with one attached hydrogen (secondary N) is 1. The number of benzene rings is 1. The number of rotatable bonds is 4. The fourth-order valence-electron chi connectivity index (χ4n) is 1.35. The minimum atomic E-state index is -4.77. The number of hydrogen-bond acceptors (Lipinski definition) is 4. The van der Waals surface area contributed by atoms with Crippen LogP contribution < -0.4 is 5.32 Å². The topological polar surface area (TPSA) is 78.8 Å². The highest BCUT2D eigenvalue weighted by Crippen LogP contribution is 2.37. The minimum Gasteiger partial charge on any atom is -0.380 e. The van der Waals surface area contributed by atoms with E-state index in [4.69, 9.17) is 0 Å². The molecule has 0 bridgehead atoms. The number of amides is 1. The van der Waals surface area contributed by atoms with Crippen molar-refractivity contribution in [2.75, 3.05) is 5.32 Å². The molecule has 0 aliphatic carbocycles. The first-order valence-electron chi connectivity index (χ1n) is 5.70. The van der Waals surface area contributed by atoms with E-state index in [1.54, 1.807) is 6.92 Å². The third kappa shape index (κ3) is 3.53. The normalized spacial score (nSPS) is 14.5. The van der Waals surface area contributed by atoms with E-state index < -0.39 is 28.9 Å². The maximum atomic E-state index is 12.7. The molecule has 0 aliphatic heterocycles. The summed E-state index contributed by atoms with van der Waals surface area (Å²) >= 11 is 0. The zero-order valence-electron chi connectivity index (χ0n) is 10.8. The summed E-state index contributed by atoms with van der Waals surface area (Å²) in [6.07, 6.45) is -4.67. The molecule has 8 heteroatoms. The van der Waals surface area contributed by atoms with Gasteiger partial charge < -0.3 is 10.4 Å². The van der Waals surface area contributed by atoms with Gasteiger partial charge in [-0.1, -0.05) is 6.92 Å². The molecule has 0 radical (unpaired) electrons. The lowest BCUT2D eigenvalue weighted by atomic mass is 10.0. The molecule has 1 rings (SSSR count). The van der Waals surface area contributed by atoms with E-state index >= 15 is 0 Å². The molecule has 0 fully saturated rings. The number of alkyl halides is 3. The van der Waals surface area contributed by atoms with Gasteiger partial charge >= 0.3 is 6.18 Å². The van der Waals surface area contributed by atoms with Gasteiger partial charge in [0, 0.05) is 5.69 Å². The van der Waals surface area contributed by atoms with Crippen LogP contribution in [0.2, 0.25) is 0 Å². The zero-order chi connectivity index (χ0) is 15.6. The molecule has 0 saturated carbocycles. The van der Waals surface area contributed by atoms with Crippen LogP contribution in [0.25, 0.3) is 0 Å². The molecular weight excluding hydrogens is 277 g/mol. The van der Waals surface area contributed by atoms with E-state index in [1.807, 2.05) is 0 Å². The molecular formula is C12H13F3N2O3. The Morgan fingerprint density at radius 3 is 2.45 bits per heavy atom. The summed E-state index contributed by atoms with van der Waals surface area (Å²) in [4.78, 5) is 22.0. The Bertz CT molecular complexity index is 527. The van der Waals surface area contributed by atoms with E-state index in [0.29, 0.717) is 6.07 Å². The van der Waals surface area contributed by atoms with Crippen LogP contribution in [0.3, 0.4) is 0 Å². The van der Waals surface area contributed by atoms with Gasteiger partial charge in [0.15, 0.2) is 0 Å². The van der Waals surface area contributed by atoms with Gasteiger partial charge in [-0.3, -0.25) is 4.79 Å². The first-order valence-corrected chi connectivity index (χ1v) is 5.70. The van der Waals surface area contributed by atoms with Crippen molar-refractivity contribution in [1.82, 2.24) is 0 Å². The van der Waals surface area contributed by atoms with Crippen LogP contribution in [0.1, 0.15) is 25.8 Å². The summed E-state index contributed by atoms with van der Waals surface area (Å²) in [6, 6.07) is 2.56. The van der Waals surface area contributed by atoms with Gasteiger partial charge in [0.1, 0.15) is 11.3 Å². The Morgan fingerprint density at radius 2 is 2.00 bits per heavy atom. The van der Waals surface area contributed by atoms with Crippen molar-refractivity contribution < 1.29 is 23.1 Å². The predicted molar refractivity (Wildman–Crippen MR) is 66.4 cm³/mol. The third-order valence-corrected chi connectivity index (χ3v) is 2.84. The fraction of sp³-hybridized carbons (Fsp3) is 0.417. The molecule has 2 N–H and O–H groups in total. The number of hydrogen-bond donors (Lipinski definition) is 2. The van der Waals surface area contributed by atoms with Crippen LogP contribution in [-0.2, 0) is 11.0 Å². The largest absolute Gasteiger partial charge is 0.418 e. The number of halogens is 3. The van der Waals surface area contributed by atoms with Crippen LogP contribution in [-0.4, -0.2) is 16.6 Å². The van der Waals surface area contributed by atoms with E-state index in [1.165, 1.54) is 6.92 Å².